The van der Waals surface area contributed by atoms with Crippen molar-refractivity contribution >= 4 is 31.1 Å². The summed E-state index contributed by atoms with van der Waals surface area (Å²) >= 11 is 14.2. The normalized spacial score (nSPS) is 37.0. The molecule has 0 N–H and O–H groups in total. The zero-order valence-electron chi connectivity index (χ0n) is 13.3. The van der Waals surface area contributed by atoms with Gasteiger partial charge in [-0.2, -0.15) is 0 Å². The molecule has 3 aliphatic rings. The lowest BCUT2D eigenvalue weighted by atomic mass is 9.98. The van der Waals surface area contributed by atoms with E-state index in [2.05, 4.69) is 0 Å². The first-order valence-corrected chi connectivity index (χ1v) is 11.6. The van der Waals surface area contributed by atoms with Crippen LogP contribution in [0.1, 0.15) is 89.9 Å². The van der Waals surface area contributed by atoms with Crippen LogP contribution in [0.2, 0.25) is 0 Å². The van der Waals surface area contributed by atoms with Crippen molar-refractivity contribution in [1.29, 1.82) is 0 Å². The van der Waals surface area contributed by atoms with E-state index in [1.54, 1.807) is 0 Å². The smallest absolute Gasteiger partial charge is 0.0807 e. The fourth-order valence-corrected chi connectivity index (χ4v) is 11.2. The maximum atomic E-state index is 7.36. The maximum Gasteiger partial charge on any atom is 0.0807 e. The minimum atomic E-state index is -0.103. The molecule has 0 aromatic heterocycles. The molecule has 3 aliphatic carbocycles. The molecular weight excluding hydrogens is 318 g/mol. The molecule has 0 heterocycles. The van der Waals surface area contributed by atoms with Gasteiger partial charge in [0.25, 0.3) is 0 Å². The quantitative estimate of drug-likeness (QED) is 0.372. The van der Waals surface area contributed by atoms with Crippen molar-refractivity contribution in [3.8, 4) is 0 Å². The first-order chi connectivity index (χ1) is 10.2. The predicted molar refractivity (Wildman–Crippen MR) is 97.4 cm³/mol. The number of halogens is 2. The van der Waals surface area contributed by atoms with Crippen molar-refractivity contribution in [2.24, 2.45) is 0 Å². The molecule has 3 saturated carbocycles. The molecule has 0 radical (unpaired) electrons. The van der Waals surface area contributed by atoms with Gasteiger partial charge in [0.2, 0.25) is 0 Å². The predicted octanol–water partition coefficient (Wildman–Crippen LogP) is 7.25. The van der Waals surface area contributed by atoms with Crippen LogP contribution in [0.25, 0.3) is 0 Å². The van der Waals surface area contributed by atoms with E-state index in [-0.39, 0.29) is 17.9 Å². The summed E-state index contributed by atoms with van der Waals surface area (Å²) in [6.45, 7) is 0. The van der Waals surface area contributed by atoms with E-state index >= 15 is 0 Å². The lowest BCUT2D eigenvalue weighted by molar-refractivity contribution is 0.446. The second-order valence-electron chi connectivity index (χ2n) is 7.52. The fraction of sp³-hybridized carbons (Fsp3) is 1.00. The van der Waals surface area contributed by atoms with Gasteiger partial charge in [-0.25, -0.2) is 0 Å². The molecule has 21 heavy (non-hydrogen) atoms. The van der Waals surface area contributed by atoms with Gasteiger partial charge >= 0.3 is 0 Å². The molecular formula is C18H31Cl2P. The minimum absolute atomic E-state index is 0.0286. The van der Waals surface area contributed by atoms with Gasteiger partial charge in [-0.15, -0.1) is 23.2 Å². The third-order valence-electron chi connectivity index (χ3n) is 6.08. The summed E-state index contributed by atoms with van der Waals surface area (Å²) in [6, 6.07) is 0. The Morgan fingerprint density at radius 2 is 1.14 bits per heavy atom. The summed E-state index contributed by atoms with van der Waals surface area (Å²) < 4.78 is -0.0286. The topological polar surface area (TPSA) is 0 Å². The van der Waals surface area contributed by atoms with Crippen LogP contribution in [-0.4, -0.2) is 21.3 Å². The number of alkyl halides is 2. The van der Waals surface area contributed by atoms with Crippen molar-refractivity contribution in [2.75, 3.05) is 0 Å². The average Bonchev–Trinajstić information content (AvgIpc) is 2.53. The number of rotatable bonds is 3. The first kappa shape index (κ1) is 16.9. The number of hydrogen-bond donors (Lipinski definition) is 0. The Kier molecular flexibility index (Phi) is 6.20. The lowest BCUT2D eigenvalue weighted by Gasteiger charge is -2.51. The first-order valence-electron chi connectivity index (χ1n) is 9.33. The second kappa shape index (κ2) is 7.72. The molecule has 0 spiro atoms. The Labute approximate surface area is 142 Å². The van der Waals surface area contributed by atoms with Crippen LogP contribution in [-0.2, 0) is 0 Å². The Balaban J connectivity index is 1.82. The van der Waals surface area contributed by atoms with E-state index in [9.17, 15) is 0 Å². The monoisotopic (exact) mass is 348 g/mol. The van der Waals surface area contributed by atoms with Crippen LogP contribution in [0, 0.1) is 0 Å². The fourth-order valence-electron chi connectivity index (χ4n) is 4.99. The summed E-state index contributed by atoms with van der Waals surface area (Å²) in [5.74, 6) is 0. The van der Waals surface area contributed by atoms with Gasteiger partial charge in [-0.05, 0) is 49.8 Å². The molecule has 3 rings (SSSR count). The molecule has 2 atom stereocenters. The number of hydrogen-bond acceptors (Lipinski definition) is 0. The molecule has 3 heteroatoms. The SMILES string of the molecule is Cl[C@@H]1CCCC[C@]1(Cl)P(C1CCCCC1)C1CCCCC1. The summed E-state index contributed by atoms with van der Waals surface area (Å²) in [6.07, 6.45) is 19.4. The summed E-state index contributed by atoms with van der Waals surface area (Å²) in [5.41, 5.74) is 1.85. The summed E-state index contributed by atoms with van der Waals surface area (Å²) in [4.78, 5) is 0. The van der Waals surface area contributed by atoms with E-state index < -0.39 is 0 Å². The molecule has 0 amide bonds. The van der Waals surface area contributed by atoms with Crippen LogP contribution in [0.4, 0.5) is 0 Å². The second-order valence-corrected chi connectivity index (χ2v) is 12.1. The highest BCUT2D eigenvalue weighted by Crippen LogP contribution is 2.69. The highest BCUT2D eigenvalue weighted by Gasteiger charge is 2.50. The lowest BCUT2D eigenvalue weighted by Crippen LogP contribution is -2.41. The Bertz CT molecular complexity index is 305. The molecule has 0 aliphatic heterocycles. The van der Waals surface area contributed by atoms with Crippen molar-refractivity contribution in [1.82, 2.24) is 0 Å². The van der Waals surface area contributed by atoms with Gasteiger partial charge < -0.3 is 0 Å². The van der Waals surface area contributed by atoms with Crippen LogP contribution < -0.4 is 0 Å². The largest absolute Gasteiger partial charge is 0.121 e. The standard InChI is InChI=1S/C18H31Cl2P/c19-17-13-7-8-14-18(17,20)21(15-9-3-1-4-10-15)16-11-5-2-6-12-16/h15-17H,1-14H2/t17-,18+/m1/s1. The molecule has 0 bridgehead atoms. The van der Waals surface area contributed by atoms with Gasteiger partial charge in [0, 0.05) is 0 Å². The van der Waals surface area contributed by atoms with Crippen molar-refractivity contribution in [2.45, 2.75) is 111 Å². The van der Waals surface area contributed by atoms with E-state index in [0.717, 1.165) is 17.7 Å². The molecule has 0 aromatic carbocycles. The summed E-state index contributed by atoms with van der Waals surface area (Å²) in [5, 5.41) is 0.239. The van der Waals surface area contributed by atoms with Gasteiger partial charge in [0.15, 0.2) is 0 Å². The van der Waals surface area contributed by atoms with E-state index in [4.69, 9.17) is 23.2 Å². The van der Waals surface area contributed by atoms with Crippen LogP contribution in [0.3, 0.4) is 0 Å². The highest BCUT2D eigenvalue weighted by atomic mass is 35.5. The third kappa shape index (κ3) is 3.75. The molecule has 0 saturated heterocycles. The van der Waals surface area contributed by atoms with Gasteiger partial charge in [-0.1, -0.05) is 59.3 Å². The van der Waals surface area contributed by atoms with E-state index in [0.29, 0.717) is 0 Å². The zero-order chi connectivity index (χ0) is 14.7. The van der Waals surface area contributed by atoms with Crippen molar-refractivity contribution < 1.29 is 0 Å². The summed E-state index contributed by atoms with van der Waals surface area (Å²) in [7, 11) is -0.103. The van der Waals surface area contributed by atoms with E-state index in [1.807, 2.05) is 0 Å². The average molecular weight is 349 g/mol. The van der Waals surface area contributed by atoms with Crippen LogP contribution in [0.5, 0.6) is 0 Å². The van der Waals surface area contributed by atoms with Gasteiger partial charge in [0.1, 0.15) is 0 Å². The Hall–Kier alpha value is 1.01. The maximum absolute atomic E-state index is 7.36. The van der Waals surface area contributed by atoms with Gasteiger partial charge in [0.05, 0.1) is 9.99 Å². The zero-order valence-corrected chi connectivity index (χ0v) is 15.7. The third-order valence-corrected chi connectivity index (χ3v) is 12.0. The minimum Gasteiger partial charge on any atom is -0.121 e. The van der Waals surface area contributed by atoms with Crippen molar-refractivity contribution in [3.05, 3.63) is 0 Å². The molecule has 3 fully saturated rings. The van der Waals surface area contributed by atoms with Crippen molar-refractivity contribution in [3.63, 3.8) is 0 Å². The van der Waals surface area contributed by atoms with Crippen LogP contribution >= 0.6 is 31.1 Å². The molecule has 122 valence electrons. The Morgan fingerprint density at radius 1 is 0.667 bits per heavy atom. The molecule has 0 nitrogen and oxygen atoms in total. The Morgan fingerprint density at radius 3 is 1.62 bits per heavy atom. The molecule has 0 unspecified atom stereocenters. The van der Waals surface area contributed by atoms with Crippen LogP contribution in [0.15, 0.2) is 0 Å². The van der Waals surface area contributed by atoms with E-state index in [1.165, 1.54) is 83.5 Å². The molecule has 0 aromatic rings. The van der Waals surface area contributed by atoms with Gasteiger partial charge in [-0.3, -0.25) is 0 Å². The highest BCUT2D eigenvalue weighted by molar-refractivity contribution is 7.63.